The first-order valence-corrected chi connectivity index (χ1v) is 19.1. The van der Waals surface area contributed by atoms with Crippen LogP contribution in [0, 0.1) is 11.8 Å². The Labute approximate surface area is 304 Å². The number of carbonyl (C=O) groups excluding carboxylic acids is 3. The van der Waals surface area contributed by atoms with Crippen molar-refractivity contribution in [2.45, 2.75) is 142 Å². The van der Waals surface area contributed by atoms with Crippen LogP contribution in [0.25, 0.3) is 0 Å². The van der Waals surface area contributed by atoms with Crippen LogP contribution in [0.3, 0.4) is 0 Å². The number of rotatable bonds is 13. The molecule has 7 atom stereocenters. The van der Waals surface area contributed by atoms with Crippen LogP contribution in [0.15, 0.2) is 48.5 Å². The first-order valence-electron chi connectivity index (χ1n) is 19.1. The van der Waals surface area contributed by atoms with Gasteiger partial charge in [0.25, 0.3) is 0 Å². The molecule has 2 saturated heterocycles. The Kier molecular flexibility index (Phi) is 13.7. The Hall–Kier alpha value is -3.31. The lowest BCUT2D eigenvalue weighted by Crippen LogP contribution is -2.61. The summed E-state index contributed by atoms with van der Waals surface area (Å²) in [5.41, 5.74) is 3.12. The average Bonchev–Trinajstić information content (AvgIpc) is 3.10. The van der Waals surface area contributed by atoms with Gasteiger partial charge in [-0.25, -0.2) is 0 Å². The van der Waals surface area contributed by atoms with E-state index in [0.717, 1.165) is 55.2 Å². The fourth-order valence-corrected chi connectivity index (χ4v) is 8.06. The highest BCUT2D eigenvalue weighted by atomic mass is 16.7. The second-order valence-corrected chi connectivity index (χ2v) is 15.9. The maximum absolute atomic E-state index is 13.8. The molecule has 0 unspecified atom stereocenters. The molecule has 0 radical (unpaired) electrons. The molecule has 5 rings (SSSR count). The number of carbonyl (C=O) groups is 3. The maximum atomic E-state index is 13.8. The van der Waals surface area contributed by atoms with Gasteiger partial charge in [-0.15, -0.1) is 0 Å². The summed E-state index contributed by atoms with van der Waals surface area (Å²) in [6, 6.07) is 15.8. The smallest absolute Gasteiger partial charge is 0.237 e. The molecule has 0 bridgehead atoms. The van der Waals surface area contributed by atoms with Gasteiger partial charge in [0.15, 0.2) is 6.29 Å². The van der Waals surface area contributed by atoms with Gasteiger partial charge in [0.05, 0.1) is 24.9 Å². The molecule has 10 nitrogen and oxygen atoms in total. The van der Waals surface area contributed by atoms with Crippen molar-refractivity contribution in [3.8, 4) is 0 Å². The van der Waals surface area contributed by atoms with E-state index in [-0.39, 0.29) is 54.0 Å². The molecule has 10 heteroatoms. The van der Waals surface area contributed by atoms with E-state index in [0.29, 0.717) is 37.2 Å². The zero-order valence-electron chi connectivity index (χ0n) is 31.3. The minimum atomic E-state index is -0.643. The summed E-state index contributed by atoms with van der Waals surface area (Å²) in [5.74, 6) is 0.609. The summed E-state index contributed by atoms with van der Waals surface area (Å²) in [6.07, 6.45) is 8.44. The third-order valence-corrected chi connectivity index (χ3v) is 10.7. The van der Waals surface area contributed by atoms with E-state index in [4.69, 9.17) is 9.47 Å². The van der Waals surface area contributed by atoms with E-state index in [2.05, 4.69) is 27.8 Å². The van der Waals surface area contributed by atoms with E-state index >= 15 is 0 Å². The number of ether oxygens (including phenoxy) is 2. The van der Waals surface area contributed by atoms with Crippen molar-refractivity contribution < 1.29 is 29.0 Å². The summed E-state index contributed by atoms with van der Waals surface area (Å²) < 4.78 is 13.6. The van der Waals surface area contributed by atoms with E-state index in [1.165, 1.54) is 26.2 Å². The molecular formula is C41H60N4O6. The summed E-state index contributed by atoms with van der Waals surface area (Å²) in [7, 11) is 0. The lowest BCUT2D eigenvalue weighted by atomic mass is 9.75. The highest BCUT2D eigenvalue weighted by Crippen LogP contribution is 2.44. The van der Waals surface area contributed by atoms with E-state index in [9.17, 15) is 19.5 Å². The number of fused-ring (bicyclic) bond motifs is 1. The van der Waals surface area contributed by atoms with Crippen LogP contribution in [0.1, 0.15) is 128 Å². The molecular weight excluding hydrogens is 644 g/mol. The fourth-order valence-electron chi connectivity index (χ4n) is 8.06. The molecule has 0 aromatic heterocycles. The summed E-state index contributed by atoms with van der Waals surface area (Å²) in [5, 5.41) is 18.7. The van der Waals surface area contributed by atoms with Gasteiger partial charge in [-0.05, 0) is 88.5 Å². The summed E-state index contributed by atoms with van der Waals surface area (Å²) in [4.78, 5) is 39.9. The Morgan fingerprint density at radius 1 is 0.882 bits per heavy atom. The Morgan fingerprint density at radius 2 is 1.59 bits per heavy atom. The van der Waals surface area contributed by atoms with Crippen LogP contribution in [0.4, 0.5) is 5.69 Å². The number of aliphatic hydroxyl groups excluding tert-OH is 1. The first-order chi connectivity index (χ1) is 24.4. The summed E-state index contributed by atoms with van der Waals surface area (Å²) in [6.45, 7) is 11.0. The topological polar surface area (TPSA) is 129 Å². The number of hydrogen-bond acceptors (Lipinski definition) is 7. The zero-order chi connectivity index (χ0) is 36.5. The highest BCUT2D eigenvalue weighted by molar-refractivity contribution is 5.90. The largest absolute Gasteiger partial charge is 0.392 e. The number of nitrogens with zero attached hydrogens (tertiary/aromatic N) is 1. The minimum absolute atomic E-state index is 0.00618. The van der Waals surface area contributed by atoms with Gasteiger partial charge in [-0.3, -0.25) is 19.3 Å². The third-order valence-electron chi connectivity index (χ3n) is 10.7. The number of nitrogens with one attached hydrogen (secondary N) is 3. The SMILES string of the molecule is CC(=O)NCCCCCC(=O)Nc1ccc([C@H]2O[C@@H](CN3[C@@H](C(=O)NC(C)(C)C)CC[C@H]4CCCC[C@H]43)[C@@H](C)[C@@H](c3ccc(CO)cc3)O2)cc1. The molecule has 0 spiro atoms. The van der Waals surface area contributed by atoms with E-state index in [1.54, 1.807) is 0 Å². The lowest BCUT2D eigenvalue weighted by Gasteiger charge is -2.51. The second kappa shape index (κ2) is 17.9. The first kappa shape index (κ1) is 38.9. The van der Waals surface area contributed by atoms with Gasteiger partial charge in [0, 0.05) is 55.2 Å². The zero-order valence-corrected chi connectivity index (χ0v) is 31.3. The fraction of sp³-hybridized carbons (Fsp3) is 0.634. The van der Waals surface area contributed by atoms with Gasteiger partial charge >= 0.3 is 0 Å². The number of unbranched alkanes of at least 4 members (excludes halogenated alkanes) is 2. The van der Waals surface area contributed by atoms with Crippen molar-refractivity contribution in [3.05, 3.63) is 65.2 Å². The van der Waals surface area contributed by atoms with Crippen molar-refractivity contribution in [2.24, 2.45) is 11.8 Å². The minimum Gasteiger partial charge on any atom is -0.392 e. The monoisotopic (exact) mass is 704 g/mol. The van der Waals surface area contributed by atoms with Crippen molar-refractivity contribution in [3.63, 3.8) is 0 Å². The number of benzene rings is 2. The molecule has 3 aliphatic rings. The molecule has 280 valence electrons. The van der Waals surface area contributed by atoms with Crippen LogP contribution in [0.2, 0.25) is 0 Å². The molecule has 51 heavy (non-hydrogen) atoms. The normalized spacial score (nSPS) is 26.9. The molecule has 4 N–H and O–H groups in total. The van der Waals surface area contributed by atoms with E-state index < -0.39 is 6.29 Å². The number of amides is 3. The third kappa shape index (κ3) is 10.9. The molecule has 2 aliphatic heterocycles. The predicted octanol–water partition coefficient (Wildman–Crippen LogP) is 6.54. The number of hydrogen-bond donors (Lipinski definition) is 4. The molecule has 1 aliphatic carbocycles. The molecule has 3 amide bonds. The van der Waals surface area contributed by atoms with Gasteiger partial charge in [0.1, 0.15) is 0 Å². The Bertz CT molecular complexity index is 1440. The van der Waals surface area contributed by atoms with Gasteiger partial charge < -0.3 is 30.5 Å². The number of likely N-dealkylation sites (tertiary alicyclic amines) is 1. The standard InChI is InChI=1S/C41H60N4O6/c1-27-36(25-45-34-12-9-8-11-30(34)20-23-35(45)39(49)44-41(3,4)5)50-40(51-38(27)31-16-14-29(26-46)15-17-31)32-18-21-33(22-19-32)43-37(48)13-7-6-10-24-42-28(2)47/h14-19,21-22,27,30,34-36,38,40,46H,6-13,20,23-26H2,1-5H3,(H,42,47)(H,43,48)(H,44,49)/t27-,30-,34-,35-,36+,38+,40+/m1/s1. The molecule has 2 aromatic rings. The molecule has 2 aromatic carbocycles. The molecule has 1 saturated carbocycles. The van der Waals surface area contributed by atoms with Crippen molar-refractivity contribution in [2.75, 3.05) is 18.4 Å². The van der Waals surface area contributed by atoms with Gasteiger partial charge in [-0.1, -0.05) is 62.6 Å². The quantitative estimate of drug-likeness (QED) is 0.174. The molecule has 2 heterocycles. The second-order valence-electron chi connectivity index (χ2n) is 15.9. The lowest BCUT2D eigenvalue weighted by molar-refractivity contribution is -0.278. The van der Waals surface area contributed by atoms with Crippen LogP contribution in [0.5, 0.6) is 0 Å². The van der Waals surface area contributed by atoms with Gasteiger partial charge in [0.2, 0.25) is 17.7 Å². The van der Waals surface area contributed by atoms with Gasteiger partial charge in [-0.2, -0.15) is 0 Å². The number of anilines is 1. The van der Waals surface area contributed by atoms with Crippen LogP contribution in [-0.4, -0.2) is 64.5 Å². The van der Waals surface area contributed by atoms with Crippen LogP contribution < -0.4 is 16.0 Å². The number of aliphatic hydroxyl groups is 1. The van der Waals surface area contributed by atoms with Crippen molar-refractivity contribution in [1.82, 2.24) is 15.5 Å². The van der Waals surface area contributed by atoms with E-state index in [1.807, 2.05) is 69.3 Å². The maximum Gasteiger partial charge on any atom is 0.237 e. The summed E-state index contributed by atoms with van der Waals surface area (Å²) >= 11 is 0. The predicted molar refractivity (Wildman–Crippen MR) is 199 cm³/mol. The van der Waals surface area contributed by atoms with Crippen LogP contribution >= 0.6 is 0 Å². The van der Waals surface area contributed by atoms with Crippen molar-refractivity contribution >= 4 is 23.4 Å². The van der Waals surface area contributed by atoms with Crippen LogP contribution in [-0.2, 0) is 30.5 Å². The molecule has 3 fully saturated rings. The van der Waals surface area contributed by atoms with Crippen molar-refractivity contribution in [1.29, 1.82) is 0 Å². The average molecular weight is 705 g/mol. The Balaban J connectivity index is 1.33. The highest BCUT2D eigenvalue weighted by Gasteiger charge is 2.46. The number of piperidine rings is 1. The Morgan fingerprint density at radius 3 is 2.27 bits per heavy atom.